The molecule has 0 aliphatic heterocycles. The van der Waals surface area contributed by atoms with E-state index in [2.05, 4.69) is 4.98 Å². The Bertz CT molecular complexity index is 1230. The molecule has 0 aliphatic rings. The molecule has 0 saturated heterocycles. The minimum atomic E-state index is -0.570. The Morgan fingerprint density at radius 1 is 1.00 bits per heavy atom. The summed E-state index contributed by atoms with van der Waals surface area (Å²) in [5.41, 5.74) is 0.939. The summed E-state index contributed by atoms with van der Waals surface area (Å²) in [6.07, 6.45) is 2.07. The van der Waals surface area contributed by atoms with E-state index in [1.165, 1.54) is 4.57 Å². The monoisotopic (exact) mass is 384 g/mol. The Labute approximate surface area is 167 Å². The maximum atomic E-state index is 13.5. The summed E-state index contributed by atoms with van der Waals surface area (Å²) in [5, 5.41) is 11.3. The predicted octanol–water partition coefficient (Wildman–Crippen LogP) is 4.47. The number of ketones is 1. The molecule has 29 heavy (non-hydrogen) atoms. The first-order valence-corrected chi connectivity index (χ1v) is 9.50. The van der Waals surface area contributed by atoms with Gasteiger partial charge in [0.1, 0.15) is 11.3 Å². The van der Waals surface area contributed by atoms with Gasteiger partial charge in [-0.1, -0.05) is 55.5 Å². The van der Waals surface area contributed by atoms with Gasteiger partial charge in [0.05, 0.1) is 11.1 Å². The summed E-state index contributed by atoms with van der Waals surface area (Å²) in [6, 6.07) is 21.7. The summed E-state index contributed by atoms with van der Waals surface area (Å²) < 4.78 is 1.39. The van der Waals surface area contributed by atoms with Crippen LogP contribution in [0.4, 0.5) is 0 Å². The molecule has 0 spiro atoms. The fourth-order valence-electron chi connectivity index (χ4n) is 3.67. The molecule has 4 aromatic rings. The molecule has 0 saturated carbocycles. The third kappa shape index (κ3) is 3.21. The molecule has 0 radical (unpaired) electrons. The van der Waals surface area contributed by atoms with E-state index >= 15 is 0 Å². The van der Waals surface area contributed by atoms with Crippen LogP contribution in [0.3, 0.4) is 0 Å². The molecule has 144 valence electrons. The summed E-state index contributed by atoms with van der Waals surface area (Å²) >= 11 is 0. The van der Waals surface area contributed by atoms with Crippen LogP contribution in [0.2, 0.25) is 0 Å². The van der Waals surface area contributed by atoms with Crippen molar-refractivity contribution in [3.8, 4) is 11.4 Å². The van der Waals surface area contributed by atoms with Crippen LogP contribution in [0.25, 0.3) is 16.7 Å². The zero-order valence-electron chi connectivity index (χ0n) is 15.9. The van der Waals surface area contributed by atoms with Crippen molar-refractivity contribution in [3.63, 3.8) is 0 Å². The second-order valence-electron chi connectivity index (χ2n) is 6.81. The Hall–Kier alpha value is -3.73. The van der Waals surface area contributed by atoms with Crippen LogP contribution in [0.5, 0.6) is 5.75 Å². The van der Waals surface area contributed by atoms with Gasteiger partial charge in [-0.2, -0.15) is 0 Å². The first-order chi connectivity index (χ1) is 14.1. The lowest BCUT2D eigenvalue weighted by Crippen LogP contribution is -2.28. The first kappa shape index (κ1) is 18.6. The number of para-hydroxylation sites is 1. The highest BCUT2D eigenvalue weighted by Gasteiger charge is 2.29. The van der Waals surface area contributed by atoms with Gasteiger partial charge in [0.2, 0.25) is 0 Å². The number of hydrogen-bond donors (Lipinski definition) is 1. The van der Waals surface area contributed by atoms with E-state index < -0.39 is 17.3 Å². The Morgan fingerprint density at radius 3 is 2.31 bits per heavy atom. The third-order valence-electron chi connectivity index (χ3n) is 5.09. The first-order valence-electron chi connectivity index (χ1n) is 9.50. The van der Waals surface area contributed by atoms with Crippen LogP contribution in [0.15, 0.2) is 83.8 Å². The minimum absolute atomic E-state index is 0.204. The van der Waals surface area contributed by atoms with Gasteiger partial charge in [0.25, 0.3) is 5.56 Å². The van der Waals surface area contributed by atoms with Crippen molar-refractivity contribution in [3.05, 3.63) is 100 Å². The highest BCUT2D eigenvalue weighted by Crippen LogP contribution is 2.31. The Balaban J connectivity index is 2.01. The fourth-order valence-corrected chi connectivity index (χ4v) is 3.67. The zero-order chi connectivity index (χ0) is 20.4. The Morgan fingerprint density at radius 2 is 1.66 bits per heavy atom. The van der Waals surface area contributed by atoms with Gasteiger partial charge in [-0.05, 0) is 36.2 Å². The lowest BCUT2D eigenvalue weighted by molar-refractivity contribution is 0.0953. The van der Waals surface area contributed by atoms with Crippen molar-refractivity contribution >= 4 is 16.8 Å². The molecule has 5 heteroatoms. The van der Waals surface area contributed by atoms with Crippen molar-refractivity contribution < 1.29 is 9.90 Å². The predicted molar refractivity (Wildman–Crippen MR) is 113 cm³/mol. The number of carbonyl (C=O) groups excluding carboxylic acids is 1. The second-order valence-corrected chi connectivity index (χ2v) is 6.81. The van der Waals surface area contributed by atoms with Gasteiger partial charge in [0.15, 0.2) is 11.4 Å². The largest absolute Gasteiger partial charge is 0.506 e. The SMILES string of the molecule is CCC(C(=O)c1c(O)c2cccnc2n(-c2ccccc2)c1=O)c1ccccc1. The van der Waals surface area contributed by atoms with Gasteiger partial charge in [-0.3, -0.25) is 14.2 Å². The molecule has 0 bridgehead atoms. The zero-order valence-corrected chi connectivity index (χ0v) is 15.9. The van der Waals surface area contributed by atoms with Crippen LogP contribution in [0, 0.1) is 0 Å². The normalized spacial score (nSPS) is 12.0. The van der Waals surface area contributed by atoms with Crippen molar-refractivity contribution in [2.75, 3.05) is 0 Å². The van der Waals surface area contributed by atoms with E-state index in [1.54, 1.807) is 30.5 Å². The summed E-state index contributed by atoms with van der Waals surface area (Å²) in [5.74, 6) is -1.23. The summed E-state index contributed by atoms with van der Waals surface area (Å²) in [6.45, 7) is 1.89. The van der Waals surface area contributed by atoms with E-state index in [4.69, 9.17) is 0 Å². The molecule has 5 nitrogen and oxygen atoms in total. The number of fused-ring (bicyclic) bond motifs is 1. The van der Waals surface area contributed by atoms with Crippen molar-refractivity contribution in [2.24, 2.45) is 0 Å². The highest BCUT2D eigenvalue weighted by molar-refractivity contribution is 6.06. The molecule has 2 aromatic carbocycles. The number of hydrogen-bond acceptors (Lipinski definition) is 4. The fraction of sp³-hybridized carbons (Fsp3) is 0.125. The molecule has 2 aromatic heterocycles. The number of aromatic nitrogens is 2. The lowest BCUT2D eigenvalue weighted by Gasteiger charge is -2.18. The van der Waals surface area contributed by atoms with E-state index in [9.17, 15) is 14.7 Å². The molecule has 0 amide bonds. The van der Waals surface area contributed by atoms with Crippen molar-refractivity contribution in [1.29, 1.82) is 0 Å². The van der Waals surface area contributed by atoms with Gasteiger partial charge in [0, 0.05) is 12.1 Å². The van der Waals surface area contributed by atoms with Crippen molar-refractivity contribution in [1.82, 2.24) is 9.55 Å². The molecule has 0 aliphatic carbocycles. The van der Waals surface area contributed by atoms with Gasteiger partial charge < -0.3 is 5.11 Å². The van der Waals surface area contributed by atoms with E-state index in [0.717, 1.165) is 5.56 Å². The molecule has 1 unspecified atom stereocenters. The van der Waals surface area contributed by atoms with Gasteiger partial charge in [-0.25, -0.2) is 4.98 Å². The van der Waals surface area contributed by atoms with Crippen LogP contribution >= 0.6 is 0 Å². The Kier molecular flexibility index (Phi) is 4.96. The molecular formula is C24H20N2O3. The summed E-state index contributed by atoms with van der Waals surface area (Å²) in [4.78, 5) is 31.2. The molecule has 4 rings (SSSR count). The summed E-state index contributed by atoms with van der Waals surface area (Å²) in [7, 11) is 0. The average Bonchev–Trinajstić information content (AvgIpc) is 2.76. The number of nitrogens with zero attached hydrogens (tertiary/aromatic N) is 2. The van der Waals surface area contributed by atoms with Crippen LogP contribution in [0.1, 0.15) is 35.2 Å². The maximum absolute atomic E-state index is 13.5. The highest BCUT2D eigenvalue weighted by atomic mass is 16.3. The number of aromatic hydroxyl groups is 1. The molecule has 0 fully saturated rings. The van der Waals surface area contributed by atoms with Crippen LogP contribution in [-0.4, -0.2) is 20.4 Å². The van der Waals surface area contributed by atoms with Gasteiger partial charge in [-0.15, -0.1) is 0 Å². The average molecular weight is 384 g/mol. The third-order valence-corrected chi connectivity index (χ3v) is 5.09. The maximum Gasteiger partial charge on any atom is 0.271 e. The van der Waals surface area contributed by atoms with Gasteiger partial charge >= 0.3 is 0 Å². The van der Waals surface area contributed by atoms with E-state index in [0.29, 0.717) is 23.1 Å². The number of rotatable bonds is 5. The number of benzene rings is 2. The smallest absolute Gasteiger partial charge is 0.271 e. The molecule has 2 heterocycles. The van der Waals surface area contributed by atoms with Crippen LogP contribution in [-0.2, 0) is 0 Å². The topological polar surface area (TPSA) is 72.2 Å². The standard InChI is InChI=1S/C24H20N2O3/c1-2-18(16-10-5-3-6-11-16)21(27)20-22(28)19-14-9-15-25-23(19)26(24(20)29)17-12-7-4-8-13-17/h3-15,18,28H,2H2,1H3. The lowest BCUT2D eigenvalue weighted by atomic mass is 9.88. The van der Waals surface area contributed by atoms with E-state index in [-0.39, 0.29) is 11.3 Å². The number of carbonyl (C=O) groups is 1. The molecule has 1 N–H and O–H groups in total. The quantitative estimate of drug-likeness (QED) is 0.516. The minimum Gasteiger partial charge on any atom is -0.506 e. The van der Waals surface area contributed by atoms with Crippen LogP contribution < -0.4 is 5.56 Å². The molecular weight excluding hydrogens is 364 g/mol. The number of Topliss-reactive ketones (excluding diaryl/α,β-unsaturated/α-hetero) is 1. The van der Waals surface area contributed by atoms with E-state index in [1.807, 2.05) is 55.5 Å². The van der Waals surface area contributed by atoms with Crippen molar-refractivity contribution in [2.45, 2.75) is 19.3 Å². The second kappa shape index (κ2) is 7.72. The molecule has 1 atom stereocenters. The number of pyridine rings is 2.